The Hall–Kier alpha value is -2.55. The van der Waals surface area contributed by atoms with Crippen LogP contribution in [0.25, 0.3) is 10.9 Å². The van der Waals surface area contributed by atoms with E-state index >= 15 is 0 Å². The van der Waals surface area contributed by atoms with Crippen LogP contribution in [0, 0.1) is 0 Å². The number of hydrogen-bond donors (Lipinski definition) is 0. The molecule has 0 spiro atoms. The largest absolute Gasteiger partial charge is 0.351 e. The quantitative estimate of drug-likeness (QED) is 0.695. The van der Waals surface area contributed by atoms with E-state index in [1.54, 1.807) is 0 Å². The van der Waals surface area contributed by atoms with Crippen molar-refractivity contribution in [1.82, 2.24) is 9.47 Å². The van der Waals surface area contributed by atoms with E-state index < -0.39 is 0 Å². The van der Waals surface area contributed by atoms with E-state index in [1.165, 1.54) is 5.56 Å². The van der Waals surface area contributed by atoms with Crippen molar-refractivity contribution in [3.05, 3.63) is 71.9 Å². The van der Waals surface area contributed by atoms with E-state index in [4.69, 9.17) is 0 Å². The van der Waals surface area contributed by atoms with E-state index in [-0.39, 0.29) is 5.91 Å². The number of carbonyl (C=O) groups is 1. The molecule has 0 atom stereocenters. The average molecular weight is 318 g/mol. The Morgan fingerprint density at radius 3 is 2.46 bits per heavy atom. The summed E-state index contributed by atoms with van der Waals surface area (Å²) in [6.07, 6.45) is 4.10. The second-order valence-electron chi connectivity index (χ2n) is 6.64. The van der Waals surface area contributed by atoms with Crippen LogP contribution in [0.2, 0.25) is 0 Å². The van der Waals surface area contributed by atoms with Crippen LogP contribution in [0.5, 0.6) is 0 Å². The Morgan fingerprint density at radius 2 is 1.71 bits per heavy atom. The van der Waals surface area contributed by atoms with E-state index in [2.05, 4.69) is 41.0 Å². The zero-order valence-electron chi connectivity index (χ0n) is 14.0. The average Bonchev–Trinajstić information content (AvgIpc) is 3.03. The number of hydrogen-bond acceptors (Lipinski definition) is 1. The molecule has 4 rings (SSSR count). The van der Waals surface area contributed by atoms with Gasteiger partial charge in [0.25, 0.3) is 5.91 Å². The SMILES string of the molecule is Cn1ccc2c(C(=O)N3CCC(c4ccccc4)CC3)cccc21. The van der Waals surface area contributed by atoms with Gasteiger partial charge in [-0.15, -0.1) is 0 Å². The highest BCUT2D eigenvalue weighted by Crippen LogP contribution is 2.29. The molecule has 24 heavy (non-hydrogen) atoms. The number of aryl methyl sites for hydroxylation is 1. The fraction of sp³-hybridized carbons (Fsp3) is 0.286. The van der Waals surface area contributed by atoms with E-state index in [0.717, 1.165) is 42.4 Å². The molecule has 1 aromatic heterocycles. The maximum Gasteiger partial charge on any atom is 0.254 e. The first-order valence-corrected chi connectivity index (χ1v) is 8.62. The second-order valence-corrected chi connectivity index (χ2v) is 6.64. The van der Waals surface area contributed by atoms with Gasteiger partial charge in [-0.05, 0) is 42.5 Å². The van der Waals surface area contributed by atoms with Crippen LogP contribution >= 0.6 is 0 Å². The topological polar surface area (TPSA) is 25.2 Å². The number of aromatic nitrogens is 1. The van der Waals surface area contributed by atoms with E-state index in [9.17, 15) is 4.79 Å². The number of nitrogens with zero attached hydrogens (tertiary/aromatic N) is 2. The van der Waals surface area contributed by atoms with Crippen molar-refractivity contribution in [2.24, 2.45) is 7.05 Å². The monoisotopic (exact) mass is 318 g/mol. The summed E-state index contributed by atoms with van der Waals surface area (Å²) in [5.74, 6) is 0.737. The Bertz CT molecular complexity index is 858. The van der Waals surface area contributed by atoms with Crippen LogP contribution in [0.1, 0.15) is 34.7 Å². The summed E-state index contributed by atoms with van der Waals surface area (Å²) in [6.45, 7) is 1.67. The van der Waals surface area contributed by atoms with Crippen molar-refractivity contribution >= 4 is 16.8 Å². The summed E-state index contributed by atoms with van der Waals surface area (Å²) < 4.78 is 2.06. The van der Waals surface area contributed by atoms with Crippen LogP contribution in [0.15, 0.2) is 60.8 Å². The Kier molecular flexibility index (Phi) is 3.85. The molecule has 1 saturated heterocycles. The number of amides is 1. The molecule has 0 bridgehead atoms. The molecule has 1 aliphatic rings. The minimum absolute atomic E-state index is 0.165. The lowest BCUT2D eigenvalue weighted by molar-refractivity contribution is 0.0715. The summed E-state index contributed by atoms with van der Waals surface area (Å²) in [5, 5.41) is 1.05. The molecule has 1 amide bonds. The fourth-order valence-corrected chi connectivity index (χ4v) is 3.80. The minimum atomic E-state index is 0.165. The highest BCUT2D eigenvalue weighted by atomic mass is 16.2. The van der Waals surface area contributed by atoms with Crippen molar-refractivity contribution in [3.8, 4) is 0 Å². The minimum Gasteiger partial charge on any atom is -0.351 e. The van der Waals surface area contributed by atoms with Gasteiger partial charge < -0.3 is 9.47 Å². The number of piperidine rings is 1. The third-order valence-electron chi connectivity index (χ3n) is 5.21. The van der Waals surface area contributed by atoms with E-state index in [1.807, 2.05) is 36.3 Å². The van der Waals surface area contributed by atoms with Gasteiger partial charge in [0.1, 0.15) is 0 Å². The lowest BCUT2D eigenvalue weighted by Crippen LogP contribution is -2.38. The molecule has 0 unspecified atom stereocenters. The van der Waals surface area contributed by atoms with Crippen molar-refractivity contribution in [1.29, 1.82) is 0 Å². The third kappa shape index (κ3) is 2.60. The Morgan fingerprint density at radius 1 is 0.958 bits per heavy atom. The molecule has 1 aliphatic heterocycles. The van der Waals surface area contributed by atoms with Gasteiger partial charge in [-0.2, -0.15) is 0 Å². The molecule has 0 N–H and O–H groups in total. The number of likely N-dealkylation sites (tertiary alicyclic amines) is 1. The smallest absolute Gasteiger partial charge is 0.254 e. The van der Waals surface area contributed by atoms with Gasteiger partial charge in [-0.3, -0.25) is 4.79 Å². The molecule has 3 nitrogen and oxygen atoms in total. The van der Waals surface area contributed by atoms with Crippen molar-refractivity contribution < 1.29 is 4.79 Å². The Balaban J connectivity index is 1.52. The van der Waals surface area contributed by atoms with E-state index in [0.29, 0.717) is 5.92 Å². The van der Waals surface area contributed by atoms with Gasteiger partial charge in [0.2, 0.25) is 0 Å². The first-order valence-electron chi connectivity index (χ1n) is 8.62. The van der Waals surface area contributed by atoms with Crippen LogP contribution in [0.4, 0.5) is 0 Å². The number of rotatable bonds is 2. The fourth-order valence-electron chi connectivity index (χ4n) is 3.80. The molecule has 3 aromatic rings. The van der Waals surface area contributed by atoms with Gasteiger partial charge in [-0.1, -0.05) is 36.4 Å². The second kappa shape index (κ2) is 6.16. The molecule has 3 heteroatoms. The molecule has 2 heterocycles. The van der Waals surface area contributed by atoms with Crippen molar-refractivity contribution in [2.75, 3.05) is 13.1 Å². The predicted octanol–water partition coefficient (Wildman–Crippen LogP) is 4.20. The van der Waals surface area contributed by atoms with Crippen molar-refractivity contribution in [2.45, 2.75) is 18.8 Å². The molecular weight excluding hydrogens is 296 g/mol. The highest BCUT2D eigenvalue weighted by molar-refractivity contribution is 6.06. The lowest BCUT2D eigenvalue weighted by Gasteiger charge is -2.32. The van der Waals surface area contributed by atoms with Gasteiger partial charge in [-0.25, -0.2) is 0 Å². The molecule has 2 aromatic carbocycles. The Labute approximate surface area is 142 Å². The van der Waals surface area contributed by atoms with Gasteiger partial charge in [0, 0.05) is 42.8 Å². The van der Waals surface area contributed by atoms with Crippen LogP contribution in [0.3, 0.4) is 0 Å². The predicted molar refractivity (Wildman–Crippen MR) is 97.2 cm³/mol. The molecule has 0 saturated carbocycles. The zero-order valence-corrected chi connectivity index (χ0v) is 14.0. The van der Waals surface area contributed by atoms with Crippen molar-refractivity contribution in [3.63, 3.8) is 0 Å². The first-order chi connectivity index (χ1) is 11.7. The summed E-state index contributed by atoms with van der Waals surface area (Å²) in [5.41, 5.74) is 3.33. The summed E-state index contributed by atoms with van der Waals surface area (Å²) in [7, 11) is 2.02. The van der Waals surface area contributed by atoms with Gasteiger partial charge >= 0.3 is 0 Å². The lowest BCUT2D eigenvalue weighted by atomic mass is 9.89. The molecule has 122 valence electrons. The highest BCUT2D eigenvalue weighted by Gasteiger charge is 2.25. The van der Waals surface area contributed by atoms with Gasteiger partial charge in [0.05, 0.1) is 0 Å². The van der Waals surface area contributed by atoms with Crippen LogP contribution < -0.4 is 0 Å². The molecule has 0 radical (unpaired) electrons. The summed E-state index contributed by atoms with van der Waals surface area (Å²) in [6, 6.07) is 18.7. The van der Waals surface area contributed by atoms with Crippen LogP contribution in [-0.4, -0.2) is 28.5 Å². The number of benzene rings is 2. The third-order valence-corrected chi connectivity index (χ3v) is 5.21. The molecule has 1 fully saturated rings. The normalized spacial score (nSPS) is 15.8. The van der Waals surface area contributed by atoms with Crippen LogP contribution in [-0.2, 0) is 7.05 Å². The maximum absolute atomic E-state index is 13.0. The number of fused-ring (bicyclic) bond motifs is 1. The molecular formula is C21H22N2O. The standard InChI is InChI=1S/C21H22N2O/c1-22-13-12-18-19(8-5-9-20(18)22)21(24)23-14-10-17(11-15-23)16-6-3-2-4-7-16/h2-9,12-13,17H,10-11,14-15H2,1H3. The van der Waals surface area contributed by atoms with Gasteiger partial charge in [0.15, 0.2) is 0 Å². The number of carbonyl (C=O) groups excluding carboxylic acids is 1. The summed E-state index contributed by atoms with van der Waals surface area (Å²) >= 11 is 0. The summed E-state index contributed by atoms with van der Waals surface area (Å²) in [4.78, 5) is 15.0. The first kappa shape index (κ1) is 15.0. The maximum atomic E-state index is 13.0. The zero-order chi connectivity index (χ0) is 16.5. The molecule has 0 aliphatic carbocycles.